The number of pyridine rings is 2. The maximum Gasteiger partial charge on any atom is 0.416 e. The number of carbonyl (C=O) groups excluding carboxylic acids is 1. The Labute approximate surface area is 272 Å². The molecule has 0 saturated carbocycles. The van der Waals surface area contributed by atoms with E-state index in [1.54, 1.807) is 31.3 Å². The van der Waals surface area contributed by atoms with Crippen molar-refractivity contribution in [3.8, 4) is 11.3 Å². The van der Waals surface area contributed by atoms with Gasteiger partial charge in [0.15, 0.2) is 0 Å². The smallest absolute Gasteiger partial charge is 0.416 e. The number of nitrogens with one attached hydrogen (secondary N) is 1. The highest BCUT2D eigenvalue weighted by Gasteiger charge is 2.36. The van der Waals surface area contributed by atoms with Gasteiger partial charge in [0, 0.05) is 36.8 Å². The van der Waals surface area contributed by atoms with Crippen LogP contribution in [0.15, 0.2) is 53.7 Å². The molecule has 0 bridgehead atoms. The average Bonchev–Trinajstić information content (AvgIpc) is 3.42. The number of carboxylic acid groups (broad SMARTS) is 1. The predicted molar refractivity (Wildman–Crippen MR) is 174 cm³/mol. The topological polar surface area (TPSA) is 109 Å². The minimum absolute atomic E-state index is 0.00469. The number of aromatic nitrogens is 3. The van der Waals surface area contributed by atoms with Gasteiger partial charge in [0.1, 0.15) is 11.7 Å². The van der Waals surface area contributed by atoms with Gasteiger partial charge in [-0.25, -0.2) is 4.98 Å². The first-order valence-electron chi connectivity index (χ1n) is 15.5. The number of hydrogen-bond donors (Lipinski definition) is 2. The van der Waals surface area contributed by atoms with E-state index in [9.17, 15) is 32.7 Å². The molecule has 4 aromatic rings. The number of hydrogen-bond acceptors (Lipinski definition) is 5. The molecule has 0 aliphatic heterocycles. The average molecular weight is 654 g/mol. The number of amides is 1. The van der Waals surface area contributed by atoms with E-state index in [2.05, 4.69) is 22.4 Å². The summed E-state index contributed by atoms with van der Waals surface area (Å²) in [6.45, 7) is 9.95. The number of carbonyl (C=O) groups is 2. The molecule has 3 heterocycles. The fraction of sp³-hybridized carbons (Fsp3) is 0.429. The van der Waals surface area contributed by atoms with E-state index in [0.29, 0.717) is 23.8 Å². The summed E-state index contributed by atoms with van der Waals surface area (Å²) >= 11 is 0. The molecule has 2 atom stereocenters. The zero-order valence-electron chi connectivity index (χ0n) is 27.8. The Bertz CT molecular complexity index is 1820. The molecule has 0 aliphatic rings. The van der Waals surface area contributed by atoms with Gasteiger partial charge in [-0.15, -0.1) is 0 Å². The van der Waals surface area contributed by atoms with E-state index in [0.717, 1.165) is 38.7 Å². The maximum atomic E-state index is 14.1. The quantitative estimate of drug-likeness (QED) is 0.191. The molecule has 0 fully saturated rings. The molecule has 9 nitrogen and oxygen atoms in total. The van der Waals surface area contributed by atoms with Crippen LogP contribution in [-0.2, 0) is 22.2 Å². The number of benzene rings is 1. The molecule has 0 saturated heterocycles. The fourth-order valence-corrected chi connectivity index (χ4v) is 6.15. The lowest BCUT2D eigenvalue weighted by molar-refractivity contribution is -0.139. The lowest BCUT2D eigenvalue weighted by Crippen LogP contribution is -2.40. The number of alkyl halides is 3. The largest absolute Gasteiger partial charge is 0.481 e. The van der Waals surface area contributed by atoms with Crippen LogP contribution in [0.2, 0.25) is 0 Å². The molecule has 0 unspecified atom stereocenters. The zero-order valence-corrected chi connectivity index (χ0v) is 27.8. The van der Waals surface area contributed by atoms with Crippen molar-refractivity contribution in [2.24, 2.45) is 5.92 Å². The van der Waals surface area contributed by atoms with Gasteiger partial charge in [-0.2, -0.15) is 13.2 Å². The predicted octanol–water partition coefficient (Wildman–Crippen LogP) is 6.13. The number of rotatable bonds is 12. The van der Waals surface area contributed by atoms with Crippen LogP contribution < -0.4 is 10.9 Å². The van der Waals surface area contributed by atoms with Gasteiger partial charge in [-0.05, 0) is 88.0 Å². The van der Waals surface area contributed by atoms with Gasteiger partial charge < -0.3 is 19.9 Å². The lowest BCUT2D eigenvalue weighted by atomic mass is 9.94. The number of imidazole rings is 1. The van der Waals surface area contributed by atoms with Crippen molar-refractivity contribution in [3.63, 3.8) is 0 Å². The minimum atomic E-state index is -4.75. The number of carboxylic acids is 1. The first-order chi connectivity index (χ1) is 22.0. The summed E-state index contributed by atoms with van der Waals surface area (Å²) in [5.41, 5.74) is 3.76. The van der Waals surface area contributed by atoms with E-state index < -0.39 is 47.7 Å². The molecule has 1 aromatic carbocycles. The molecule has 2 N–H and O–H groups in total. The Morgan fingerprint density at radius 1 is 1.04 bits per heavy atom. The van der Waals surface area contributed by atoms with Crippen LogP contribution in [0.1, 0.15) is 72.2 Å². The van der Waals surface area contributed by atoms with Crippen molar-refractivity contribution < 1.29 is 27.9 Å². The zero-order chi connectivity index (χ0) is 34.8. The standard InChI is InChI=1S/C35H42F3N5O4/c1-20(2)12-29(43-19-24(8-10-41(6)7)26(17-31(43)44)35(36,37)38)34(47)40-27(18-32(45)46)25-15-28(42-11-9-39-30(42)16-25)33-22(4)13-21(3)14-23(33)5/h9,11,13-17,19-20,27,29H,8,10,12,18H2,1-7H3,(H,40,47)(H,45,46)/t27-,29+/m0/s1. The third-order valence-electron chi connectivity index (χ3n) is 8.19. The summed E-state index contributed by atoms with van der Waals surface area (Å²) in [5, 5.41) is 12.7. The summed E-state index contributed by atoms with van der Waals surface area (Å²) in [5.74, 6) is -1.96. The molecule has 0 spiro atoms. The van der Waals surface area contributed by atoms with Gasteiger partial charge >= 0.3 is 12.1 Å². The second-order valence-electron chi connectivity index (χ2n) is 12.9. The van der Waals surface area contributed by atoms with Gasteiger partial charge in [0.2, 0.25) is 5.91 Å². The fourth-order valence-electron chi connectivity index (χ4n) is 6.15. The van der Waals surface area contributed by atoms with Crippen LogP contribution in [0.3, 0.4) is 0 Å². The number of nitrogens with zero attached hydrogens (tertiary/aromatic N) is 4. The van der Waals surface area contributed by atoms with E-state index in [4.69, 9.17) is 0 Å². The maximum absolute atomic E-state index is 14.1. The number of aryl methyl sites for hydroxylation is 3. The van der Waals surface area contributed by atoms with E-state index >= 15 is 0 Å². The van der Waals surface area contributed by atoms with Crippen LogP contribution in [0.4, 0.5) is 13.2 Å². The normalized spacial score (nSPS) is 13.4. The highest BCUT2D eigenvalue weighted by Crippen LogP contribution is 2.34. The third kappa shape index (κ3) is 8.29. The van der Waals surface area contributed by atoms with Crippen molar-refractivity contribution in [1.82, 2.24) is 24.2 Å². The van der Waals surface area contributed by atoms with Gasteiger partial charge in [-0.3, -0.25) is 18.8 Å². The van der Waals surface area contributed by atoms with Crippen LogP contribution in [0.25, 0.3) is 16.9 Å². The van der Waals surface area contributed by atoms with Crippen molar-refractivity contribution >= 4 is 17.5 Å². The van der Waals surface area contributed by atoms with E-state index in [1.807, 2.05) is 51.3 Å². The summed E-state index contributed by atoms with van der Waals surface area (Å²) in [6.07, 6.45) is -0.512. The Kier molecular flexibility index (Phi) is 10.6. The molecule has 252 valence electrons. The monoisotopic (exact) mass is 653 g/mol. The van der Waals surface area contributed by atoms with Gasteiger partial charge in [0.25, 0.3) is 5.56 Å². The second kappa shape index (κ2) is 14.1. The number of likely N-dealkylation sites (N-methyl/N-ethyl adjacent to an activating group) is 1. The number of fused-ring (bicyclic) bond motifs is 1. The highest BCUT2D eigenvalue weighted by atomic mass is 19.4. The molecular weight excluding hydrogens is 611 g/mol. The van der Waals surface area contributed by atoms with Gasteiger partial charge in [-0.1, -0.05) is 31.5 Å². The second-order valence-corrected chi connectivity index (χ2v) is 12.9. The molecule has 3 aromatic heterocycles. The lowest BCUT2D eigenvalue weighted by Gasteiger charge is -2.26. The third-order valence-corrected chi connectivity index (χ3v) is 8.19. The Hall–Kier alpha value is -4.45. The van der Waals surface area contributed by atoms with Crippen molar-refractivity contribution in [3.05, 3.63) is 92.7 Å². The molecular formula is C35H42F3N5O4. The minimum Gasteiger partial charge on any atom is -0.481 e. The summed E-state index contributed by atoms with van der Waals surface area (Å²) in [7, 11) is 3.46. The molecule has 4 rings (SSSR count). The first-order valence-corrected chi connectivity index (χ1v) is 15.5. The molecule has 12 heteroatoms. The Balaban J connectivity index is 1.82. The number of halogens is 3. The Morgan fingerprint density at radius 3 is 2.28 bits per heavy atom. The van der Waals surface area contributed by atoms with Crippen LogP contribution >= 0.6 is 0 Å². The molecule has 47 heavy (non-hydrogen) atoms. The van der Waals surface area contributed by atoms with Crippen molar-refractivity contribution in [1.29, 1.82) is 0 Å². The van der Waals surface area contributed by atoms with Crippen LogP contribution in [0.5, 0.6) is 0 Å². The highest BCUT2D eigenvalue weighted by molar-refractivity contribution is 5.82. The van der Waals surface area contributed by atoms with Crippen LogP contribution in [0, 0.1) is 26.7 Å². The summed E-state index contributed by atoms with van der Waals surface area (Å²) in [4.78, 5) is 45.6. The molecule has 0 radical (unpaired) electrons. The van der Waals surface area contributed by atoms with Crippen molar-refractivity contribution in [2.45, 2.75) is 72.1 Å². The molecule has 0 aliphatic carbocycles. The van der Waals surface area contributed by atoms with E-state index in [-0.39, 0.29) is 24.3 Å². The van der Waals surface area contributed by atoms with Gasteiger partial charge in [0.05, 0.1) is 23.7 Å². The van der Waals surface area contributed by atoms with Crippen LogP contribution in [-0.4, -0.2) is 56.5 Å². The van der Waals surface area contributed by atoms with E-state index in [1.165, 1.54) is 0 Å². The Morgan fingerprint density at radius 2 is 1.70 bits per heavy atom. The summed E-state index contributed by atoms with van der Waals surface area (Å²) in [6, 6.07) is 5.98. The number of aliphatic carboxylic acids is 1. The first kappa shape index (κ1) is 35.4. The van der Waals surface area contributed by atoms with Crippen molar-refractivity contribution in [2.75, 3.05) is 20.6 Å². The molecule has 1 amide bonds. The summed E-state index contributed by atoms with van der Waals surface area (Å²) < 4.78 is 44.8. The SMILES string of the molecule is Cc1cc(C)c(-c2cc([C@H](CC(=O)O)NC(=O)[C@@H](CC(C)C)n3cc(CCN(C)C)c(C(F)(F)F)cc3=O)cc3nccn23)c(C)c1.